The number of carbonyl (C=O) groups is 2. The number of rotatable bonds is 9. The van der Waals surface area contributed by atoms with Gasteiger partial charge in [0.05, 0.1) is 19.3 Å². The summed E-state index contributed by atoms with van der Waals surface area (Å²) in [4.78, 5) is 32.6. The van der Waals surface area contributed by atoms with E-state index in [9.17, 15) is 9.59 Å². The fraction of sp³-hybridized carbons (Fsp3) is 0.387. The summed E-state index contributed by atoms with van der Waals surface area (Å²) < 4.78 is 8.99. The van der Waals surface area contributed by atoms with Crippen LogP contribution in [0.3, 0.4) is 0 Å². The lowest BCUT2D eigenvalue weighted by molar-refractivity contribution is -0.119. The molecular formula is C31H36N8O3. The molecule has 42 heavy (non-hydrogen) atoms. The summed E-state index contributed by atoms with van der Waals surface area (Å²) in [5.74, 6) is 2.18. The van der Waals surface area contributed by atoms with Crippen LogP contribution in [0.4, 0.5) is 11.4 Å². The predicted octanol–water partition coefficient (Wildman–Crippen LogP) is 4.02. The number of hydrogen-bond acceptors (Lipinski definition) is 7. The number of fused-ring (bicyclic) bond motifs is 1. The fourth-order valence-corrected chi connectivity index (χ4v) is 5.77. The lowest BCUT2D eigenvalue weighted by Gasteiger charge is -2.30. The molecule has 2 aromatic carbocycles. The Morgan fingerprint density at radius 1 is 0.857 bits per heavy atom. The summed E-state index contributed by atoms with van der Waals surface area (Å²) in [6, 6.07) is 15.2. The van der Waals surface area contributed by atoms with Gasteiger partial charge >= 0.3 is 0 Å². The second-order valence-corrected chi connectivity index (χ2v) is 10.6. The van der Waals surface area contributed by atoms with Crippen molar-refractivity contribution in [3.05, 3.63) is 71.9 Å². The second kappa shape index (κ2) is 11.8. The molecule has 4 aromatic rings. The van der Waals surface area contributed by atoms with Crippen molar-refractivity contribution in [1.29, 1.82) is 0 Å². The van der Waals surface area contributed by atoms with Gasteiger partial charge in [-0.25, -0.2) is 4.68 Å². The summed E-state index contributed by atoms with van der Waals surface area (Å²) in [6.07, 6.45) is 4.81. The summed E-state index contributed by atoms with van der Waals surface area (Å²) >= 11 is 0. The van der Waals surface area contributed by atoms with Crippen LogP contribution < -0.4 is 14.5 Å². The number of nitrogens with zero attached hydrogens (tertiary/aromatic N) is 8. The Bertz CT molecular complexity index is 1570. The predicted molar refractivity (Wildman–Crippen MR) is 160 cm³/mol. The Morgan fingerprint density at radius 2 is 1.55 bits per heavy atom. The molecule has 11 heteroatoms. The molecule has 2 aliphatic heterocycles. The molecule has 218 valence electrons. The van der Waals surface area contributed by atoms with E-state index in [0.29, 0.717) is 37.4 Å². The van der Waals surface area contributed by atoms with Crippen molar-refractivity contribution < 1.29 is 14.3 Å². The molecule has 0 radical (unpaired) electrons. The Hall–Kier alpha value is -4.51. The van der Waals surface area contributed by atoms with Gasteiger partial charge in [-0.05, 0) is 80.9 Å². The fourth-order valence-electron chi connectivity index (χ4n) is 5.77. The first-order chi connectivity index (χ1) is 20.5. The molecule has 0 atom stereocenters. The number of methoxy groups -OCH3 is 1. The van der Waals surface area contributed by atoms with Gasteiger partial charge in [0.2, 0.25) is 5.91 Å². The van der Waals surface area contributed by atoms with Crippen molar-refractivity contribution in [1.82, 2.24) is 29.4 Å². The van der Waals surface area contributed by atoms with Crippen molar-refractivity contribution in [2.24, 2.45) is 0 Å². The molecule has 0 unspecified atom stereocenters. The van der Waals surface area contributed by atoms with Gasteiger partial charge in [0.25, 0.3) is 5.91 Å². The zero-order valence-corrected chi connectivity index (χ0v) is 24.4. The number of piperidine rings is 1. The SMILES string of the molecule is CCN(CC)Cc1nncn1-c1nn(-c2ccc(OC)cc2)c2c1CCN(c1ccc(N3CCCCC3=O)cc1)C2=O. The molecule has 2 aromatic heterocycles. The third-order valence-electron chi connectivity index (χ3n) is 8.21. The summed E-state index contributed by atoms with van der Waals surface area (Å²) in [7, 11) is 1.63. The van der Waals surface area contributed by atoms with Crippen LogP contribution in [0.15, 0.2) is 54.9 Å². The van der Waals surface area contributed by atoms with Crippen molar-refractivity contribution in [2.75, 3.05) is 43.1 Å². The molecule has 0 saturated carbocycles. The van der Waals surface area contributed by atoms with Crippen LogP contribution in [0.5, 0.6) is 5.75 Å². The van der Waals surface area contributed by atoms with Gasteiger partial charge in [-0.15, -0.1) is 15.3 Å². The Morgan fingerprint density at radius 3 is 2.21 bits per heavy atom. The summed E-state index contributed by atoms with van der Waals surface area (Å²) in [5, 5.41) is 13.6. The number of anilines is 2. The Kier molecular flexibility index (Phi) is 7.75. The number of aromatic nitrogens is 5. The van der Waals surface area contributed by atoms with Crippen LogP contribution in [0, 0.1) is 0 Å². The third kappa shape index (κ3) is 5.04. The Balaban J connectivity index is 1.38. The van der Waals surface area contributed by atoms with E-state index in [-0.39, 0.29) is 11.8 Å². The molecule has 2 amide bonds. The first kappa shape index (κ1) is 27.6. The van der Waals surface area contributed by atoms with Crippen LogP contribution in [0.1, 0.15) is 55.0 Å². The van der Waals surface area contributed by atoms with Crippen LogP contribution in [0.2, 0.25) is 0 Å². The quantitative estimate of drug-likeness (QED) is 0.301. The van der Waals surface area contributed by atoms with Crippen molar-refractivity contribution >= 4 is 23.2 Å². The van der Waals surface area contributed by atoms with Crippen molar-refractivity contribution in [2.45, 2.75) is 46.1 Å². The molecule has 0 N–H and O–H groups in total. The minimum absolute atomic E-state index is 0.133. The number of hydrogen-bond donors (Lipinski definition) is 0. The highest BCUT2D eigenvalue weighted by molar-refractivity contribution is 6.08. The van der Waals surface area contributed by atoms with Gasteiger partial charge < -0.3 is 14.5 Å². The van der Waals surface area contributed by atoms with Gasteiger partial charge in [0.1, 0.15) is 17.8 Å². The van der Waals surface area contributed by atoms with Crippen molar-refractivity contribution in [3.63, 3.8) is 0 Å². The van der Waals surface area contributed by atoms with Crippen LogP contribution >= 0.6 is 0 Å². The smallest absolute Gasteiger partial charge is 0.277 e. The van der Waals surface area contributed by atoms with Gasteiger partial charge in [-0.3, -0.25) is 19.1 Å². The maximum absolute atomic E-state index is 14.2. The first-order valence-corrected chi connectivity index (χ1v) is 14.6. The summed E-state index contributed by atoms with van der Waals surface area (Å²) in [6.45, 7) is 7.88. The third-order valence-corrected chi connectivity index (χ3v) is 8.21. The van der Waals surface area contributed by atoms with Gasteiger partial charge in [-0.2, -0.15) is 0 Å². The van der Waals surface area contributed by atoms with E-state index in [0.717, 1.165) is 66.7 Å². The molecular weight excluding hydrogens is 532 g/mol. The normalized spacial score (nSPS) is 15.4. The van der Waals surface area contributed by atoms with Crippen LogP contribution in [0.25, 0.3) is 11.5 Å². The molecule has 0 aliphatic carbocycles. The van der Waals surface area contributed by atoms with E-state index in [1.165, 1.54) is 0 Å². The summed E-state index contributed by atoms with van der Waals surface area (Å²) in [5.41, 5.74) is 3.79. The average molecular weight is 569 g/mol. The molecule has 6 rings (SSSR count). The van der Waals surface area contributed by atoms with Crippen LogP contribution in [-0.2, 0) is 17.8 Å². The zero-order valence-electron chi connectivity index (χ0n) is 24.4. The molecule has 11 nitrogen and oxygen atoms in total. The zero-order chi connectivity index (χ0) is 29.2. The van der Waals surface area contributed by atoms with E-state index in [1.54, 1.807) is 23.0 Å². The van der Waals surface area contributed by atoms with E-state index in [1.807, 2.05) is 58.0 Å². The van der Waals surface area contributed by atoms with E-state index in [4.69, 9.17) is 9.84 Å². The highest BCUT2D eigenvalue weighted by Gasteiger charge is 2.34. The maximum Gasteiger partial charge on any atom is 0.277 e. The van der Waals surface area contributed by atoms with Crippen LogP contribution in [-0.4, -0.2) is 74.5 Å². The van der Waals surface area contributed by atoms with E-state index < -0.39 is 0 Å². The molecule has 1 saturated heterocycles. The monoisotopic (exact) mass is 568 g/mol. The average Bonchev–Trinajstić information content (AvgIpc) is 3.65. The number of amides is 2. The highest BCUT2D eigenvalue weighted by Crippen LogP contribution is 2.32. The minimum atomic E-state index is -0.133. The standard InChI is InChI=1S/C31H36N8O3/c1-4-35(5-2)20-27-33-32-21-38(27)30-26-17-19-37(23-11-9-22(10-12-23)36-18-7-6-8-28(36)40)31(41)29(26)39(34-30)24-13-15-25(42-3)16-14-24/h9-16,21H,4-8,17-20H2,1-3H3. The molecule has 0 spiro atoms. The maximum atomic E-state index is 14.2. The number of ether oxygens (including phenoxy) is 1. The first-order valence-electron chi connectivity index (χ1n) is 14.6. The highest BCUT2D eigenvalue weighted by atomic mass is 16.5. The molecule has 0 bridgehead atoms. The van der Waals surface area contributed by atoms with Gasteiger partial charge in [0, 0.05) is 36.4 Å². The molecule has 2 aliphatic rings. The van der Waals surface area contributed by atoms with Gasteiger partial charge in [0.15, 0.2) is 11.6 Å². The Labute approximate surface area is 245 Å². The molecule has 4 heterocycles. The lowest BCUT2D eigenvalue weighted by atomic mass is 10.0. The number of carbonyl (C=O) groups excluding carboxylic acids is 2. The van der Waals surface area contributed by atoms with Gasteiger partial charge in [-0.1, -0.05) is 13.8 Å². The lowest BCUT2D eigenvalue weighted by Crippen LogP contribution is -2.39. The van der Waals surface area contributed by atoms with E-state index >= 15 is 0 Å². The van der Waals surface area contributed by atoms with Crippen molar-refractivity contribution in [3.8, 4) is 17.3 Å². The largest absolute Gasteiger partial charge is 0.497 e. The topological polar surface area (TPSA) is 102 Å². The molecule has 1 fully saturated rings. The number of benzene rings is 2. The second-order valence-electron chi connectivity index (χ2n) is 10.6. The van der Waals surface area contributed by atoms with E-state index in [2.05, 4.69) is 28.9 Å². The minimum Gasteiger partial charge on any atom is -0.497 e.